The van der Waals surface area contributed by atoms with Gasteiger partial charge in [0, 0.05) is 25.1 Å². The van der Waals surface area contributed by atoms with E-state index in [0.717, 1.165) is 21.5 Å². The Bertz CT molecular complexity index is 1110. The third-order valence-corrected chi connectivity index (χ3v) is 5.35. The first-order chi connectivity index (χ1) is 13.7. The third-order valence-electron chi connectivity index (χ3n) is 4.31. The average molecular weight is 393 g/mol. The Morgan fingerprint density at radius 2 is 2.18 bits per heavy atom. The first kappa shape index (κ1) is 18.1. The van der Waals surface area contributed by atoms with Crippen LogP contribution in [0, 0.1) is 0 Å². The number of pyridine rings is 1. The highest BCUT2D eigenvalue weighted by atomic mass is 32.1. The summed E-state index contributed by atoms with van der Waals surface area (Å²) in [6, 6.07) is 11.2. The van der Waals surface area contributed by atoms with Crippen molar-refractivity contribution in [2.24, 2.45) is 0 Å². The van der Waals surface area contributed by atoms with Gasteiger partial charge in [0.15, 0.2) is 10.8 Å². The van der Waals surface area contributed by atoms with Crippen LogP contribution in [0.25, 0.3) is 10.2 Å². The smallest absolute Gasteiger partial charge is 0.280 e. The van der Waals surface area contributed by atoms with Gasteiger partial charge in [0.2, 0.25) is 0 Å². The summed E-state index contributed by atoms with van der Waals surface area (Å²) >= 11 is 1.45. The predicted octanol–water partition coefficient (Wildman–Crippen LogP) is 3.76. The van der Waals surface area contributed by atoms with E-state index in [9.17, 15) is 4.79 Å². The summed E-state index contributed by atoms with van der Waals surface area (Å²) in [5.74, 6) is 0.566. The van der Waals surface area contributed by atoms with Gasteiger partial charge in [-0.2, -0.15) is 5.10 Å². The number of hydrogen-bond donors (Lipinski definition) is 0. The molecule has 0 saturated heterocycles. The predicted molar refractivity (Wildman–Crippen MR) is 109 cm³/mol. The van der Waals surface area contributed by atoms with Crippen molar-refractivity contribution in [1.82, 2.24) is 19.7 Å². The van der Waals surface area contributed by atoms with Crippen LogP contribution in [-0.4, -0.2) is 32.8 Å². The first-order valence-corrected chi connectivity index (χ1v) is 9.68. The number of aromatic nitrogens is 4. The molecule has 0 bridgehead atoms. The summed E-state index contributed by atoms with van der Waals surface area (Å²) < 4.78 is 7.99. The molecular formula is C20H19N5O2S. The van der Waals surface area contributed by atoms with Gasteiger partial charge in [0.05, 0.1) is 23.9 Å². The second-order valence-electron chi connectivity index (χ2n) is 6.14. The van der Waals surface area contributed by atoms with E-state index < -0.39 is 0 Å². The molecule has 0 fully saturated rings. The van der Waals surface area contributed by atoms with E-state index in [-0.39, 0.29) is 5.91 Å². The highest BCUT2D eigenvalue weighted by Crippen LogP contribution is 2.32. The molecule has 8 heteroatoms. The van der Waals surface area contributed by atoms with Gasteiger partial charge in [-0.05, 0) is 42.8 Å². The lowest BCUT2D eigenvalue weighted by molar-refractivity contribution is 0.0979. The Balaban J connectivity index is 1.74. The van der Waals surface area contributed by atoms with Gasteiger partial charge in [-0.1, -0.05) is 17.4 Å². The number of benzene rings is 1. The van der Waals surface area contributed by atoms with Crippen molar-refractivity contribution in [1.29, 1.82) is 0 Å². The standard InChI is InChI=1S/C20H19N5O2S/c1-3-24-10-8-17(23-24)19(26)25(13-14-5-4-9-21-12-14)20-22-16-7-6-15(27-2)11-18(16)28-20/h4-12H,3,13H2,1-2H3. The monoisotopic (exact) mass is 393 g/mol. The van der Waals surface area contributed by atoms with Gasteiger partial charge in [-0.3, -0.25) is 19.4 Å². The van der Waals surface area contributed by atoms with Crippen molar-refractivity contribution in [3.8, 4) is 5.75 Å². The van der Waals surface area contributed by atoms with Crippen LogP contribution in [0.1, 0.15) is 23.0 Å². The minimum atomic E-state index is -0.193. The number of thiazole rings is 1. The van der Waals surface area contributed by atoms with Crippen molar-refractivity contribution >= 4 is 32.6 Å². The van der Waals surface area contributed by atoms with Gasteiger partial charge < -0.3 is 4.74 Å². The molecule has 7 nitrogen and oxygen atoms in total. The first-order valence-electron chi connectivity index (χ1n) is 8.86. The summed E-state index contributed by atoms with van der Waals surface area (Å²) in [5, 5.41) is 4.98. The highest BCUT2D eigenvalue weighted by molar-refractivity contribution is 7.22. The maximum atomic E-state index is 13.3. The van der Waals surface area contributed by atoms with Crippen molar-refractivity contribution < 1.29 is 9.53 Å². The molecule has 0 unspecified atom stereocenters. The number of carbonyl (C=O) groups excluding carboxylic acids is 1. The fraction of sp³-hybridized carbons (Fsp3) is 0.200. The quantitative estimate of drug-likeness (QED) is 0.499. The number of methoxy groups -OCH3 is 1. The molecule has 4 rings (SSSR count). The van der Waals surface area contributed by atoms with Gasteiger partial charge in [0.25, 0.3) is 5.91 Å². The number of hydrogen-bond acceptors (Lipinski definition) is 6. The summed E-state index contributed by atoms with van der Waals surface area (Å²) in [4.78, 5) is 23.7. The van der Waals surface area contributed by atoms with Crippen molar-refractivity contribution in [2.75, 3.05) is 12.0 Å². The minimum Gasteiger partial charge on any atom is -0.497 e. The molecule has 0 aliphatic carbocycles. The Hall–Kier alpha value is -3.26. The molecule has 0 N–H and O–H groups in total. The molecule has 0 aliphatic heterocycles. The number of carbonyl (C=O) groups is 1. The maximum absolute atomic E-state index is 13.3. The summed E-state index contributed by atoms with van der Waals surface area (Å²) in [7, 11) is 1.63. The highest BCUT2D eigenvalue weighted by Gasteiger charge is 2.24. The second-order valence-corrected chi connectivity index (χ2v) is 7.15. The second kappa shape index (κ2) is 7.77. The molecule has 0 spiro atoms. The molecule has 0 saturated carbocycles. The molecule has 0 aliphatic rings. The Morgan fingerprint density at radius 3 is 2.89 bits per heavy atom. The van der Waals surface area contributed by atoms with E-state index in [1.165, 1.54) is 11.3 Å². The molecule has 4 aromatic rings. The minimum absolute atomic E-state index is 0.193. The normalized spacial score (nSPS) is 10.9. The zero-order valence-corrected chi connectivity index (χ0v) is 16.4. The van der Waals surface area contributed by atoms with E-state index in [4.69, 9.17) is 4.74 Å². The zero-order valence-electron chi connectivity index (χ0n) is 15.6. The van der Waals surface area contributed by atoms with Crippen LogP contribution in [0.4, 0.5) is 5.13 Å². The fourth-order valence-electron chi connectivity index (χ4n) is 2.83. The lowest BCUT2D eigenvalue weighted by Crippen LogP contribution is -2.30. The van der Waals surface area contributed by atoms with Crippen LogP contribution in [0.5, 0.6) is 5.75 Å². The van der Waals surface area contributed by atoms with E-state index in [2.05, 4.69) is 15.1 Å². The number of amides is 1. The topological polar surface area (TPSA) is 73.1 Å². The zero-order chi connectivity index (χ0) is 19.5. The van der Waals surface area contributed by atoms with Gasteiger partial charge >= 0.3 is 0 Å². The average Bonchev–Trinajstić information content (AvgIpc) is 3.38. The number of anilines is 1. The molecule has 0 atom stereocenters. The van der Waals surface area contributed by atoms with Crippen molar-refractivity contribution in [2.45, 2.75) is 20.0 Å². The van der Waals surface area contributed by atoms with Crippen LogP contribution in [0.3, 0.4) is 0 Å². The van der Waals surface area contributed by atoms with Crippen LogP contribution in [-0.2, 0) is 13.1 Å². The maximum Gasteiger partial charge on any atom is 0.280 e. The Kier molecular flexibility index (Phi) is 5.03. The lowest BCUT2D eigenvalue weighted by atomic mass is 10.2. The number of fused-ring (bicyclic) bond motifs is 1. The van der Waals surface area contributed by atoms with Crippen LogP contribution < -0.4 is 9.64 Å². The van der Waals surface area contributed by atoms with Gasteiger partial charge in [-0.15, -0.1) is 0 Å². The SMILES string of the molecule is CCn1ccc(C(=O)N(Cc2cccnc2)c2nc3ccc(OC)cc3s2)n1. The fourth-order valence-corrected chi connectivity index (χ4v) is 3.82. The van der Waals surface area contributed by atoms with Crippen molar-refractivity contribution in [3.63, 3.8) is 0 Å². The molecule has 3 heterocycles. The van der Waals surface area contributed by atoms with E-state index >= 15 is 0 Å². The Labute approximate surface area is 166 Å². The molecule has 0 radical (unpaired) electrons. The molecule has 3 aromatic heterocycles. The number of ether oxygens (including phenoxy) is 1. The molecule has 1 amide bonds. The van der Waals surface area contributed by atoms with Crippen LogP contribution in [0.2, 0.25) is 0 Å². The largest absolute Gasteiger partial charge is 0.497 e. The van der Waals surface area contributed by atoms with E-state index in [0.29, 0.717) is 23.9 Å². The van der Waals surface area contributed by atoms with E-state index in [1.807, 2.05) is 37.3 Å². The summed E-state index contributed by atoms with van der Waals surface area (Å²) in [6.45, 7) is 3.05. The van der Waals surface area contributed by atoms with Gasteiger partial charge in [-0.25, -0.2) is 4.98 Å². The van der Waals surface area contributed by atoms with Crippen LogP contribution >= 0.6 is 11.3 Å². The molecule has 142 valence electrons. The third kappa shape index (κ3) is 3.59. The number of aryl methyl sites for hydroxylation is 1. The summed E-state index contributed by atoms with van der Waals surface area (Å²) in [6.07, 6.45) is 5.27. The lowest BCUT2D eigenvalue weighted by Gasteiger charge is -2.18. The van der Waals surface area contributed by atoms with Crippen LogP contribution in [0.15, 0.2) is 55.0 Å². The summed E-state index contributed by atoms with van der Waals surface area (Å²) in [5.41, 5.74) is 2.13. The van der Waals surface area contributed by atoms with Gasteiger partial charge in [0.1, 0.15) is 5.75 Å². The number of rotatable bonds is 6. The van der Waals surface area contributed by atoms with E-state index in [1.54, 1.807) is 41.3 Å². The Morgan fingerprint density at radius 1 is 1.29 bits per heavy atom. The van der Waals surface area contributed by atoms with Crippen molar-refractivity contribution in [3.05, 3.63) is 66.2 Å². The number of nitrogens with zero attached hydrogens (tertiary/aromatic N) is 5. The molecular weight excluding hydrogens is 374 g/mol. The molecule has 1 aromatic carbocycles. The molecule has 28 heavy (non-hydrogen) atoms.